The SMILES string of the molecule is CCNCC1(CN(C)C(C)COC)CCC(C)CC1. The molecule has 0 aromatic heterocycles. The van der Waals surface area contributed by atoms with Gasteiger partial charge in [-0.1, -0.05) is 26.7 Å². The predicted octanol–water partition coefficient (Wildman–Crippen LogP) is 2.76. The maximum atomic E-state index is 5.29. The largest absolute Gasteiger partial charge is 0.383 e. The van der Waals surface area contributed by atoms with Gasteiger partial charge in [0.2, 0.25) is 0 Å². The summed E-state index contributed by atoms with van der Waals surface area (Å²) >= 11 is 0. The zero-order valence-electron chi connectivity index (χ0n) is 13.7. The second-order valence-corrected chi connectivity index (χ2v) is 6.68. The number of likely N-dealkylation sites (N-methyl/N-ethyl adjacent to an activating group) is 1. The fraction of sp³-hybridized carbons (Fsp3) is 1.00. The molecule has 0 bridgehead atoms. The van der Waals surface area contributed by atoms with Crippen molar-refractivity contribution in [1.82, 2.24) is 10.2 Å². The first-order valence-electron chi connectivity index (χ1n) is 7.93. The monoisotopic (exact) mass is 270 g/mol. The lowest BCUT2D eigenvalue weighted by atomic mass is 9.70. The van der Waals surface area contributed by atoms with Crippen LogP contribution >= 0.6 is 0 Å². The van der Waals surface area contributed by atoms with E-state index in [1.54, 1.807) is 7.11 Å². The molecule has 1 aliphatic carbocycles. The second kappa shape index (κ2) is 8.23. The fourth-order valence-corrected chi connectivity index (χ4v) is 3.21. The highest BCUT2D eigenvalue weighted by Crippen LogP contribution is 2.39. The summed E-state index contributed by atoms with van der Waals surface area (Å²) in [5.74, 6) is 0.913. The first-order chi connectivity index (χ1) is 9.03. The van der Waals surface area contributed by atoms with Crippen molar-refractivity contribution in [3.63, 3.8) is 0 Å². The normalized spacial score (nSPS) is 29.7. The van der Waals surface area contributed by atoms with Crippen LogP contribution in [0.1, 0.15) is 46.5 Å². The Bertz CT molecular complexity index is 231. The van der Waals surface area contributed by atoms with Crippen molar-refractivity contribution >= 4 is 0 Å². The van der Waals surface area contributed by atoms with Gasteiger partial charge in [0.25, 0.3) is 0 Å². The third-order valence-corrected chi connectivity index (χ3v) is 4.83. The zero-order valence-corrected chi connectivity index (χ0v) is 13.7. The van der Waals surface area contributed by atoms with Crippen LogP contribution in [0, 0.1) is 11.3 Å². The molecule has 1 rings (SSSR count). The Morgan fingerprint density at radius 1 is 1.37 bits per heavy atom. The van der Waals surface area contributed by atoms with E-state index in [0.29, 0.717) is 11.5 Å². The third-order valence-electron chi connectivity index (χ3n) is 4.83. The Labute approximate surface area is 120 Å². The van der Waals surface area contributed by atoms with Gasteiger partial charge in [-0.05, 0) is 44.7 Å². The molecule has 1 unspecified atom stereocenters. The summed E-state index contributed by atoms with van der Waals surface area (Å²) in [7, 11) is 4.04. The summed E-state index contributed by atoms with van der Waals surface area (Å²) in [5, 5.41) is 3.59. The van der Waals surface area contributed by atoms with E-state index < -0.39 is 0 Å². The minimum absolute atomic E-state index is 0.471. The number of nitrogens with zero attached hydrogens (tertiary/aromatic N) is 1. The Morgan fingerprint density at radius 3 is 2.53 bits per heavy atom. The van der Waals surface area contributed by atoms with E-state index >= 15 is 0 Å². The first kappa shape index (κ1) is 16.9. The highest BCUT2D eigenvalue weighted by molar-refractivity contribution is 4.89. The predicted molar refractivity (Wildman–Crippen MR) is 82.6 cm³/mol. The molecule has 0 aromatic rings. The molecule has 0 spiro atoms. The molecule has 0 aliphatic heterocycles. The molecular weight excluding hydrogens is 236 g/mol. The summed E-state index contributed by atoms with van der Waals surface area (Å²) in [6, 6.07) is 0.503. The van der Waals surface area contributed by atoms with Crippen molar-refractivity contribution < 1.29 is 4.74 Å². The Balaban J connectivity index is 2.58. The summed E-state index contributed by atoms with van der Waals surface area (Å²) in [6.07, 6.45) is 5.51. The Kier molecular flexibility index (Phi) is 7.33. The molecule has 0 aromatic carbocycles. The molecule has 0 radical (unpaired) electrons. The Morgan fingerprint density at radius 2 is 2.00 bits per heavy atom. The lowest BCUT2D eigenvalue weighted by Gasteiger charge is -2.43. The molecule has 3 nitrogen and oxygen atoms in total. The van der Waals surface area contributed by atoms with Crippen LogP contribution in [0.15, 0.2) is 0 Å². The van der Waals surface area contributed by atoms with Crippen molar-refractivity contribution in [1.29, 1.82) is 0 Å². The smallest absolute Gasteiger partial charge is 0.0615 e. The van der Waals surface area contributed by atoms with Gasteiger partial charge in [0.1, 0.15) is 0 Å². The van der Waals surface area contributed by atoms with Crippen molar-refractivity contribution in [3.05, 3.63) is 0 Å². The van der Waals surface area contributed by atoms with Gasteiger partial charge >= 0.3 is 0 Å². The van der Waals surface area contributed by atoms with E-state index in [1.807, 2.05) is 0 Å². The van der Waals surface area contributed by atoms with Gasteiger partial charge in [0, 0.05) is 26.2 Å². The average molecular weight is 270 g/mol. The molecule has 1 atom stereocenters. The van der Waals surface area contributed by atoms with Crippen LogP contribution in [0.2, 0.25) is 0 Å². The lowest BCUT2D eigenvalue weighted by molar-refractivity contribution is 0.0537. The third kappa shape index (κ3) is 5.41. The van der Waals surface area contributed by atoms with Crippen molar-refractivity contribution in [3.8, 4) is 0 Å². The van der Waals surface area contributed by atoms with E-state index in [2.05, 4.69) is 38.0 Å². The molecule has 114 valence electrons. The van der Waals surface area contributed by atoms with Crippen LogP contribution < -0.4 is 5.32 Å². The van der Waals surface area contributed by atoms with E-state index in [1.165, 1.54) is 38.8 Å². The van der Waals surface area contributed by atoms with Crippen LogP contribution in [0.4, 0.5) is 0 Å². The molecule has 19 heavy (non-hydrogen) atoms. The van der Waals surface area contributed by atoms with Crippen molar-refractivity contribution in [2.75, 3.05) is 40.4 Å². The standard InChI is InChI=1S/C16H34N2O/c1-6-17-12-16(9-7-14(2)8-10-16)13-18(4)15(3)11-19-5/h14-15,17H,6-13H2,1-5H3. The highest BCUT2D eigenvalue weighted by Gasteiger charge is 2.35. The average Bonchev–Trinajstić information content (AvgIpc) is 2.40. The van der Waals surface area contributed by atoms with Gasteiger partial charge in [0.15, 0.2) is 0 Å². The summed E-state index contributed by atoms with van der Waals surface area (Å²) in [5.41, 5.74) is 0.471. The molecule has 0 amide bonds. The maximum absolute atomic E-state index is 5.29. The van der Waals surface area contributed by atoms with Crippen LogP contribution in [-0.4, -0.2) is 51.3 Å². The molecular formula is C16H34N2O. The van der Waals surface area contributed by atoms with Crippen molar-refractivity contribution in [2.24, 2.45) is 11.3 Å². The van der Waals surface area contributed by atoms with Gasteiger partial charge in [-0.25, -0.2) is 0 Å². The lowest BCUT2D eigenvalue weighted by Crippen LogP contribution is -2.48. The van der Waals surface area contributed by atoms with E-state index in [9.17, 15) is 0 Å². The van der Waals surface area contributed by atoms with Crippen LogP contribution in [0.5, 0.6) is 0 Å². The van der Waals surface area contributed by atoms with Crippen LogP contribution in [0.3, 0.4) is 0 Å². The Hall–Kier alpha value is -0.120. The number of rotatable bonds is 8. The number of hydrogen-bond donors (Lipinski definition) is 1. The summed E-state index contributed by atoms with van der Waals surface area (Å²) in [4.78, 5) is 2.48. The molecule has 1 aliphatic rings. The van der Waals surface area contributed by atoms with Gasteiger partial charge in [-0.2, -0.15) is 0 Å². The first-order valence-corrected chi connectivity index (χ1v) is 7.93. The molecule has 1 fully saturated rings. The van der Waals surface area contributed by atoms with E-state index in [0.717, 1.165) is 19.1 Å². The van der Waals surface area contributed by atoms with Gasteiger partial charge < -0.3 is 15.0 Å². The quantitative estimate of drug-likeness (QED) is 0.734. The van der Waals surface area contributed by atoms with Crippen LogP contribution in [0.25, 0.3) is 0 Å². The van der Waals surface area contributed by atoms with Gasteiger partial charge in [-0.15, -0.1) is 0 Å². The number of ether oxygens (including phenoxy) is 1. The minimum atomic E-state index is 0.471. The van der Waals surface area contributed by atoms with Crippen LogP contribution in [-0.2, 0) is 4.74 Å². The number of methoxy groups -OCH3 is 1. The fourth-order valence-electron chi connectivity index (χ4n) is 3.21. The maximum Gasteiger partial charge on any atom is 0.0615 e. The van der Waals surface area contributed by atoms with Gasteiger partial charge in [0.05, 0.1) is 6.61 Å². The number of nitrogens with one attached hydrogen (secondary N) is 1. The van der Waals surface area contributed by atoms with Gasteiger partial charge in [-0.3, -0.25) is 0 Å². The second-order valence-electron chi connectivity index (χ2n) is 6.68. The molecule has 1 N–H and O–H groups in total. The molecule has 0 heterocycles. The summed E-state index contributed by atoms with van der Waals surface area (Å²) < 4.78 is 5.29. The topological polar surface area (TPSA) is 24.5 Å². The number of hydrogen-bond acceptors (Lipinski definition) is 3. The van der Waals surface area contributed by atoms with Crippen molar-refractivity contribution in [2.45, 2.75) is 52.5 Å². The molecule has 0 saturated heterocycles. The highest BCUT2D eigenvalue weighted by atomic mass is 16.5. The zero-order chi connectivity index (χ0) is 14.3. The van der Waals surface area contributed by atoms with E-state index in [4.69, 9.17) is 4.74 Å². The summed E-state index contributed by atoms with van der Waals surface area (Å²) in [6.45, 7) is 11.1. The van der Waals surface area contributed by atoms with E-state index in [-0.39, 0.29) is 0 Å². The molecule has 1 saturated carbocycles. The molecule has 3 heteroatoms. The minimum Gasteiger partial charge on any atom is -0.383 e.